The number of rotatable bonds is 2. The summed E-state index contributed by atoms with van der Waals surface area (Å²) in [4.78, 5) is 4.20. The van der Waals surface area contributed by atoms with Gasteiger partial charge in [-0.25, -0.2) is 0 Å². The third-order valence-corrected chi connectivity index (χ3v) is 2.29. The van der Waals surface area contributed by atoms with E-state index < -0.39 is 0 Å². The van der Waals surface area contributed by atoms with Crippen LogP contribution in [0.25, 0.3) is 11.5 Å². The minimum absolute atomic E-state index is 0.229. The first-order valence-corrected chi connectivity index (χ1v) is 5.15. The maximum absolute atomic E-state index is 5.84. The summed E-state index contributed by atoms with van der Waals surface area (Å²) in [5.41, 5.74) is 2.11. The number of aryl methyl sites for hydroxylation is 1. The van der Waals surface area contributed by atoms with Crippen LogP contribution in [0.2, 0.25) is 0 Å². The Morgan fingerprint density at radius 3 is 2.47 bits per heavy atom. The molecule has 15 heavy (non-hydrogen) atoms. The molecule has 78 valence electrons. The van der Waals surface area contributed by atoms with Crippen LogP contribution in [0.15, 0.2) is 28.8 Å². The maximum atomic E-state index is 5.84. The largest absolute Gasteiger partial charge is 0.334 e. The Labute approximate surface area is 93.1 Å². The second kappa shape index (κ2) is 4.03. The average Bonchev–Trinajstić information content (AvgIpc) is 2.68. The van der Waals surface area contributed by atoms with Crippen molar-refractivity contribution in [2.45, 2.75) is 19.2 Å². The van der Waals surface area contributed by atoms with Gasteiger partial charge in [0, 0.05) is 5.56 Å². The first-order valence-electron chi connectivity index (χ1n) is 4.71. The van der Waals surface area contributed by atoms with Gasteiger partial charge in [-0.3, -0.25) is 0 Å². The second-order valence-electron chi connectivity index (χ2n) is 3.44. The molecule has 0 spiro atoms. The van der Waals surface area contributed by atoms with Crippen LogP contribution in [-0.4, -0.2) is 10.1 Å². The summed E-state index contributed by atoms with van der Waals surface area (Å²) in [5.74, 6) is 1.03. The number of hydrogen-bond donors (Lipinski definition) is 0. The van der Waals surface area contributed by atoms with Crippen LogP contribution in [-0.2, 0) is 0 Å². The highest BCUT2D eigenvalue weighted by molar-refractivity contribution is 6.20. The molecule has 4 heteroatoms. The molecule has 2 rings (SSSR count). The van der Waals surface area contributed by atoms with Gasteiger partial charge in [-0.1, -0.05) is 22.9 Å². The van der Waals surface area contributed by atoms with E-state index in [1.807, 2.05) is 38.1 Å². The van der Waals surface area contributed by atoms with E-state index in [-0.39, 0.29) is 5.38 Å². The molecular formula is C11H11ClN2O. The predicted molar refractivity (Wildman–Crippen MR) is 58.7 cm³/mol. The molecule has 0 amide bonds. The number of benzene rings is 1. The summed E-state index contributed by atoms with van der Waals surface area (Å²) in [6, 6.07) is 7.91. The van der Waals surface area contributed by atoms with Gasteiger partial charge >= 0.3 is 0 Å². The Morgan fingerprint density at radius 1 is 1.27 bits per heavy atom. The first kappa shape index (κ1) is 10.2. The fourth-order valence-electron chi connectivity index (χ4n) is 1.21. The zero-order valence-corrected chi connectivity index (χ0v) is 9.32. The lowest BCUT2D eigenvalue weighted by molar-refractivity contribution is 0.422. The summed E-state index contributed by atoms with van der Waals surface area (Å²) in [7, 11) is 0. The number of hydrogen-bond acceptors (Lipinski definition) is 3. The Bertz CT molecular complexity index is 448. The number of nitrogens with zero attached hydrogens (tertiary/aromatic N) is 2. The molecule has 1 unspecified atom stereocenters. The first-order chi connectivity index (χ1) is 7.16. The molecule has 0 bridgehead atoms. The zero-order valence-electron chi connectivity index (χ0n) is 8.57. The van der Waals surface area contributed by atoms with Crippen LogP contribution in [0, 0.1) is 6.92 Å². The minimum atomic E-state index is -0.229. The molecule has 0 saturated carbocycles. The highest BCUT2D eigenvalue weighted by Crippen LogP contribution is 2.21. The van der Waals surface area contributed by atoms with E-state index in [9.17, 15) is 0 Å². The van der Waals surface area contributed by atoms with Crippen molar-refractivity contribution in [3.05, 3.63) is 35.7 Å². The molecule has 1 aromatic heterocycles. The third-order valence-electron chi connectivity index (χ3n) is 2.10. The lowest BCUT2D eigenvalue weighted by atomic mass is 10.1. The monoisotopic (exact) mass is 222 g/mol. The molecule has 1 heterocycles. The van der Waals surface area contributed by atoms with Gasteiger partial charge in [0.1, 0.15) is 0 Å². The van der Waals surface area contributed by atoms with Crippen molar-refractivity contribution in [1.82, 2.24) is 10.1 Å². The number of aromatic nitrogens is 2. The molecule has 1 aromatic carbocycles. The van der Waals surface area contributed by atoms with Crippen molar-refractivity contribution in [2.24, 2.45) is 0 Å². The van der Waals surface area contributed by atoms with Crippen LogP contribution in [0.1, 0.15) is 23.7 Å². The van der Waals surface area contributed by atoms with E-state index in [0.29, 0.717) is 11.7 Å². The molecule has 2 aromatic rings. The van der Waals surface area contributed by atoms with Crippen molar-refractivity contribution in [1.29, 1.82) is 0 Å². The molecule has 0 N–H and O–H groups in total. The van der Waals surface area contributed by atoms with Crippen molar-refractivity contribution in [2.75, 3.05) is 0 Å². The fourth-order valence-corrected chi connectivity index (χ4v) is 1.30. The smallest absolute Gasteiger partial charge is 0.257 e. The van der Waals surface area contributed by atoms with Gasteiger partial charge in [0.2, 0.25) is 0 Å². The van der Waals surface area contributed by atoms with Crippen molar-refractivity contribution in [3.8, 4) is 11.5 Å². The number of halogens is 1. The van der Waals surface area contributed by atoms with Gasteiger partial charge < -0.3 is 4.52 Å². The Kier molecular flexibility index (Phi) is 2.73. The van der Waals surface area contributed by atoms with Crippen LogP contribution in [0.4, 0.5) is 0 Å². The second-order valence-corrected chi connectivity index (χ2v) is 4.09. The summed E-state index contributed by atoms with van der Waals surface area (Å²) >= 11 is 5.84. The zero-order chi connectivity index (χ0) is 10.8. The van der Waals surface area contributed by atoms with E-state index >= 15 is 0 Å². The maximum Gasteiger partial charge on any atom is 0.257 e. The highest BCUT2D eigenvalue weighted by atomic mass is 35.5. The van der Waals surface area contributed by atoms with Crippen LogP contribution in [0.3, 0.4) is 0 Å². The Balaban J connectivity index is 2.33. The Hall–Kier alpha value is -1.35. The molecule has 3 nitrogen and oxygen atoms in total. The molecular weight excluding hydrogens is 212 g/mol. The fraction of sp³-hybridized carbons (Fsp3) is 0.273. The van der Waals surface area contributed by atoms with Crippen molar-refractivity contribution < 1.29 is 4.52 Å². The van der Waals surface area contributed by atoms with Gasteiger partial charge in [0.15, 0.2) is 5.82 Å². The van der Waals surface area contributed by atoms with E-state index in [1.54, 1.807) is 0 Å². The van der Waals surface area contributed by atoms with E-state index in [4.69, 9.17) is 16.1 Å². The van der Waals surface area contributed by atoms with Gasteiger partial charge in [-0.2, -0.15) is 4.98 Å². The molecule has 0 aliphatic heterocycles. The topological polar surface area (TPSA) is 38.9 Å². The predicted octanol–water partition coefficient (Wildman–Crippen LogP) is 3.34. The van der Waals surface area contributed by atoms with E-state index in [0.717, 1.165) is 5.56 Å². The van der Waals surface area contributed by atoms with Gasteiger partial charge in [-0.05, 0) is 26.0 Å². The SMILES string of the molecule is Cc1ccc(-c2nc(C(C)Cl)no2)cc1. The quantitative estimate of drug-likeness (QED) is 0.732. The summed E-state index contributed by atoms with van der Waals surface area (Å²) < 4.78 is 5.11. The standard InChI is InChI=1S/C11H11ClN2O/c1-7-3-5-9(6-4-7)11-13-10(8(2)12)14-15-11/h3-6,8H,1-2H3. The molecule has 0 aliphatic rings. The van der Waals surface area contributed by atoms with Gasteiger partial charge in [0.25, 0.3) is 5.89 Å². The lowest BCUT2D eigenvalue weighted by Crippen LogP contribution is -1.86. The Morgan fingerprint density at radius 2 is 1.93 bits per heavy atom. The summed E-state index contributed by atoms with van der Waals surface area (Å²) in [5, 5.41) is 3.57. The van der Waals surface area contributed by atoms with Crippen molar-refractivity contribution >= 4 is 11.6 Å². The van der Waals surface area contributed by atoms with E-state index in [2.05, 4.69) is 10.1 Å². The van der Waals surface area contributed by atoms with Crippen LogP contribution in [0.5, 0.6) is 0 Å². The highest BCUT2D eigenvalue weighted by Gasteiger charge is 2.11. The summed E-state index contributed by atoms with van der Waals surface area (Å²) in [6.45, 7) is 3.84. The van der Waals surface area contributed by atoms with Crippen LogP contribution < -0.4 is 0 Å². The molecule has 0 aliphatic carbocycles. The van der Waals surface area contributed by atoms with E-state index in [1.165, 1.54) is 5.56 Å². The molecule has 0 saturated heterocycles. The lowest BCUT2D eigenvalue weighted by Gasteiger charge is -1.94. The number of alkyl halides is 1. The van der Waals surface area contributed by atoms with Gasteiger partial charge in [-0.15, -0.1) is 11.6 Å². The minimum Gasteiger partial charge on any atom is -0.334 e. The van der Waals surface area contributed by atoms with Crippen molar-refractivity contribution in [3.63, 3.8) is 0 Å². The van der Waals surface area contributed by atoms with Crippen LogP contribution >= 0.6 is 11.6 Å². The molecule has 0 fully saturated rings. The molecule has 0 radical (unpaired) electrons. The average molecular weight is 223 g/mol. The normalized spacial score (nSPS) is 12.7. The molecule has 1 atom stereocenters. The third kappa shape index (κ3) is 2.18. The van der Waals surface area contributed by atoms with Gasteiger partial charge in [0.05, 0.1) is 5.38 Å². The summed E-state index contributed by atoms with van der Waals surface area (Å²) in [6.07, 6.45) is 0.